The second-order valence-corrected chi connectivity index (χ2v) is 7.74. The summed E-state index contributed by atoms with van der Waals surface area (Å²) in [6, 6.07) is 6.50. The molecule has 1 aromatic carbocycles. The smallest absolute Gasteiger partial charge is 0.123 e. The van der Waals surface area contributed by atoms with Gasteiger partial charge in [0.1, 0.15) is 5.82 Å². The van der Waals surface area contributed by atoms with Gasteiger partial charge in [0, 0.05) is 17.8 Å². The molecule has 1 aliphatic heterocycles. The summed E-state index contributed by atoms with van der Waals surface area (Å²) < 4.78 is 13.8. The Kier molecular flexibility index (Phi) is 5.08. The van der Waals surface area contributed by atoms with E-state index in [0.717, 1.165) is 37.2 Å². The first-order valence-electron chi connectivity index (χ1n) is 9.28. The SMILES string of the molecule is C=C1CCc2cc(F)ccc2N(C2CCCC(C)C2)C(C)CC1. The van der Waals surface area contributed by atoms with Gasteiger partial charge in [0.25, 0.3) is 0 Å². The van der Waals surface area contributed by atoms with Gasteiger partial charge in [-0.1, -0.05) is 31.9 Å². The van der Waals surface area contributed by atoms with E-state index in [-0.39, 0.29) is 5.82 Å². The minimum absolute atomic E-state index is 0.113. The third-order valence-electron chi connectivity index (χ3n) is 5.76. The maximum Gasteiger partial charge on any atom is 0.123 e. The molecule has 0 bridgehead atoms. The number of halogens is 1. The molecule has 3 rings (SSSR count). The Morgan fingerprint density at radius 2 is 1.91 bits per heavy atom. The molecular weight excluding hydrogens is 285 g/mol. The zero-order valence-electron chi connectivity index (χ0n) is 14.7. The first-order valence-corrected chi connectivity index (χ1v) is 9.28. The zero-order chi connectivity index (χ0) is 16.4. The summed E-state index contributed by atoms with van der Waals surface area (Å²) in [5, 5.41) is 0. The van der Waals surface area contributed by atoms with Crippen LogP contribution in [0.15, 0.2) is 30.4 Å². The average Bonchev–Trinajstić information content (AvgIpc) is 2.57. The van der Waals surface area contributed by atoms with Crippen molar-refractivity contribution in [3.05, 3.63) is 41.7 Å². The molecule has 0 spiro atoms. The van der Waals surface area contributed by atoms with Crippen molar-refractivity contribution in [2.45, 2.75) is 77.3 Å². The minimum Gasteiger partial charge on any atom is -0.366 e. The fourth-order valence-electron chi connectivity index (χ4n) is 4.44. The molecule has 1 fully saturated rings. The number of benzene rings is 1. The molecule has 1 heterocycles. The van der Waals surface area contributed by atoms with Crippen LogP contribution in [0.3, 0.4) is 0 Å². The lowest BCUT2D eigenvalue weighted by atomic mass is 9.85. The predicted octanol–water partition coefficient (Wildman–Crippen LogP) is 5.88. The fraction of sp³-hybridized carbons (Fsp3) is 0.619. The second-order valence-electron chi connectivity index (χ2n) is 7.74. The Hall–Kier alpha value is -1.31. The van der Waals surface area contributed by atoms with Crippen LogP contribution < -0.4 is 4.90 Å². The number of aryl methyl sites for hydroxylation is 1. The normalized spacial score (nSPS) is 29.4. The summed E-state index contributed by atoms with van der Waals surface area (Å²) in [5.41, 5.74) is 3.75. The molecule has 0 N–H and O–H groups in total. The van der Waals surface area contributed by atoms with Crippen molar-refractivity contribution in [3.63, 3.8) is 0 Å². The number of hydrogen-bond acceptors (Lipinski definition) is 1. The van der Waals surface area contributed by atoms with Crippen molar-refractivity contribution in [1.82, 2.24) is 0 Å². The Balaban J connectivity index is 1.98. The van der Waals surface area contributed by atoms with Crippen LogP contribution in [0, 0.1) is 11.7 Å². The van der Waals surface area contributed by atoms with Crippen molar-refractivity contribution in [1.29, 1.82) is 0 Å². The molecule has 0 radical (unpaired) electrons. The van der Waals surface area contributed by atoms with E-state index < -0.39 is 0 Å². The number of hydrogen-bond donors (Lipinski definition) is 0. The highest BCUT2D eigenvalue weighted by Crippen LogP contribution is 2.36. The molecule has 3 atom stereocenters. The number of fused-ring (bicyclic) bond motifs is 1. The third kappa shape index (κ3) is 3.79. The maximum absolute atomic E-state index is 13.8. The Morgan fingerprint density at radius 3 is 2.70 bits per heavy atom. The summed E-state index contributed by atoms with van der Waals surface area (Å²) in [7, 11) is 0. The first kappa shape index (κ1) is 16.5. The quantitative estimate of drug-likeness (QED) is 0.585. The lowest BCUT2D eigenvalue weighted by molar-refractivity contribution is 0.315. The van der Waals surface area contributed by atoms with E-state index in [1.807, 2.05) is 6.07 Å². The van der Waals surface area contributed by atoms with Gasteiger partial charge in [0.05, 0.1) is 0 Å². The molecule has 3 unspecified atom stereocenters. The molecule has 1 nitrogen and oxygen atoms in total. The minimum atomic E-state index is -0.113. The van der Waals surface area contributed by atoms with E-state index in [9.17, 15) is 4.39 Å². The molecule has 1 aliphatic carbocycles. The molecule has 2 heteroatoms. The highest BCUT2D eigenvalue weighted by atomic mass is 19.1. The first-order chi connectivity index (χ1) is 11.0. The lowest BCUT2D eigenvalue weighted by Gasteiger charge is -2.43. The highest BCUT2D eigenvalue weighted by molar-refractivity contribution is 5.56. The van der Waals surface area contributed by atoms with E-state index >= 15 is 0 Å². The standard InChI is InChI=1S/C21H30FN/c1-15-7-9-17(3)23(20-6-4-5-16(2)13-20)21-12-11-19(22)14-18(21)10-8-15/h11-12,14,16-17,20H,1,4-10,13H2,2-3H3. The number of anilines is 1. The van der Waals surface area contributed by atoms with E-state index in [1.54, 1.807) is 12.1 Å². The van der Waals surface area contributed by atoms with Crippen LogP contribution in [0.25, 0.3) is 0 Å². The number of rotatable bonds is 1. The molecule has 2 aliphatic rings. The monoisotopic (exact) mass is 315 g/mol. The second kappa shape index (κ2) is 7.07. The van der Waals surface area contributed by atoms with Gasteiger partial charge in [-0.2, -0.15) is 0 Å². The van der Waals surface area contributed by atoms with E-state index in [4.69, 9.17) is 0 Å². The highest BCUT2D eigenvalue weighted by Gasteiger charge is 2.30. The van der Waals surface area contributed by atoms with Crippen LogP contribution in [0.2, 0.25) is 0 Å². The van der Waals surface area contributed by atoms with E-state index in [2.05, 4.69) is 25.3 Å². The van der Waals surface area contributed by atoms with Crippen molar-refractivity contribution < 1.29 is 4.39 Å². The van der Waals surface area contributed by atoms with Crippen molar-refractivity contribution in [2.24, 2.45) is 5.92 Å². The van der Waals surface area contributed by atoms with Crippen LogP contribution in [-0.4, -0.2) is 12.1 Å². The van der Waals surface area contributed by atoms with E-state index in [0.29, 0.717) is 12.1 Å². The van der Waals surface area contributed by atoms with Gasteiger partial charge in [-0.15, -0.1) is 0 Å². The average molecular weight is 315 g/mol. The third-order valence-corrected chi connectivity index (χ3v) is 5.76. The molecule has 0 saturated heterocycles. The summed E-state index contributed by atoms with van der Waals surface area (Å²) in [4.78, 5) is 2.63. The van der Waals surface area contributed by atoms with Gasteiger partial charge >= 0.3 is 0 Å². The van der Waals surface area contributed by atoms with Crippen molar-refractivity contribution in [3.8, 4) is 0 Å². The number of allylic oxidation sites excluding steroid dienone is 1. The molecule has 1 aromatic rings. The van der Waals surface area contributed by atoms with Gasteiger partial charge < -0.3 is 4.90 Å². The molecule has 0 aromatic heterocycles. The van der Waals surface area contributed by atoms with Crippen molar-refractivity contribution >= 4 is 5.69 Å². The Labute approximate surface area is 140 Å². The van der Waals surface area contributed by atoms with Gasteiger partial charge in [-0.05, 0) is 75.1 Å². The van der Waals surface area contributed by atoms with Gasteiger partial charge in [0.15, 0.2) is 0 Å². The van der Waals surface area contributed by atoms with Crippen LogP contribution >= 0.6 is 0 Å². The molecule has 126 valence electrons. The summed E-state index contributed by atoms with van der Waals surface area (Å²) >= 11 is 0. The largest absolute Gasteiger partial charge is 0.366 e. The van der Waals surface area contributed by atoms with E-state index in [1.165, 1.54) is 36.9 Å². The molecular formula is C21H30FN. The number of nitrogens with zero attached hydrogens (tertiary/aromatic N) is 1. The van der Waals surface area contributed by atoms with Crippen LogP contribution in [0.1, 0.15) is 64.4 Å². The fourth-order valence-corrected chi connectivity index (χ4v) is 4.44. The maximum atomic E-state index is 13.8. The molecule has 0 amide bonds. The van der Waals surface area contributed by atoms with Crippen LogP contribution in [-0.2, 0) is 6.42 Å². The zero-order valence-corrected chi connectivity index (χ0v) is 14.7. The summed E-state index contributed by atoms with van der Waals surface area (Å²) in [6.07, 6.45) is 9.35. The van der Waals surface area contributed by atoms with Crippen molar-refractivity contribution in [2.75, 3.05) is 4.90 Å². The van der Waals surface area contributed by atoms with Crippen LogP contribution in [0.4, 0.5) is 10.1 Å². The van der Waals surface area contributed by atoms with Crippen LogP contribution in [0.5, 0.6) is 0 Å². The lowest BCUT2D eigenvalue weighted by Crippen LogP contribution is -2.44. The predicted molar refractivity (Wildman–Crippen MR) is 96.5 cm³/mol. The molecule has 1 saturated carbocycles. The van der Waals surface area contributed by atoms with Gasteiger partial charge in [-0.3, -0.25) is 0 Å². The Morgan fingerprint density at radius 1 is 1.09 bits per heavy atom. The summed E-state index contributed by atoms with van der Waals surface area (Å²) in [5.74, 6) is 0.686. The van der Waals surface area contributed by atoms with Gasteiger partial charge in [0.2, 0.25) is 0 Å². The Bertz CT molecular complexity index is 565. The van der Waals surface area contributed by atoms with Gasteiger partial charge in [-0.25, -0.2) is 4.39 Å². The summed E-state index contributed by atoms with van der Waals surface area (Å²) in [6.45, 7) is 8.94. The topological polar surface area (TPSA) is 3.24 Å². The molecule has 23 heavy (non-hydrogen) atoms.